The number of aliphatic hydroxyl groups is 1. The van der Waals surface area contributed by atoms with Gasteiger partial charge in [-0.2, -0.15) is 0 Å². The molecule has 8 heteroatoms. The van der Waals surface area contributed by atoms with Gasteiger partial charge in [0.25, 0.3) is 5.91 Å². The molecule has 2 aromatic carbocycles. The summed E-state index contributed by atoms with van der Waals surface area (Å²) in [5.74, 6) is 0.689. The molecule has 2 aromatic rings. The van der Waals surface area contributed by atoms with Crippen LogP contribution in [0.15, 0.2) is 48.0 Å². The molecule has 1 heterocycles. The third-order valence-electron chi connectivity index (χ3n) is 5.72. The molecule has 0 unspecified atom stereocenters. The van der Waals surface area contributed by atoms with E-state index in [1.54, 1.807) is 24.0 Å². The van der Waals surface area contributed by atoms with Crippen LogP contribution in [0.5, 0.6) is 5.75 Å². The molecular weight excluding hydrogens is 425 g/mol. The van der Waals surface area contributed by atoms with Crippen LogP contribution >= 0.6 is 0 Å². The van der Waals surface area contributed by atoms with Crippen molar-refractivity contribution >= 4 is 17.5 Å². The van der Waals surface area contributed by atoms with Gasteiger partial charge in [-0.3, -0.25) is 10.2 Å². The largest absolute Gasteiger partial charge is 0.491 e. The summed E-state index contributed by atoms with van der Waals surface area (Å²) in [7, 11) is 0. The number of carbonyl (C=O) groups is 1. The van der Waals surface area contributed by atoms with E-state index >= 15 is 0 Å². The number of likely N-dealkylation sites (tertiary alicyclic amines) is 1. The zero-order valence-corrected chi connectivity index (χ0v) is 18.9. The molecule has 176 valence electrons. The van der Waals surface area contributed by atoms with Crippen LogP contribution < -0.4 is 10.5 Å². The van der Waals surface area contributed by atoms with E-state index in [4.69, 9.17) is 25.7 Å². The topological polar surface area (TPSA) is 109 Å². The highest BCUT2D eigenvalue weighted by molar-refractivity contribution is 6.00. The van der Waals surface area contributed by atoms with Crippen molar-refractivity contribution < 1.29 is 23.8 Å². The minimum absolute atomic E-state index is 0.0183. The number of nitrogens with two attached hydrogens (primary N) is 1. The second-order valence-electron chi connectivity index (χ2n) is 7.98. The third kappa shape index (κ3) is 5.70. The molecule has 1 aliphatic rings. The summed E-state index contributed by atoms with van der Waals surface area (Å²) in [6.07, 6.45) is 0. The van der Waals surface area contributed by atoms with Crippen molar-refractivity contribution in [1.29, 1.82) is 5.41 Å². The Bertz CT molecular complexity index is 1030. The molecule has 0 aliphatic carbocycles. The van der Waals surface area contributed by atoms with Crippen LogP contribution in [0.3, 0.4) is 0 Å². The zero-order valence-electron chi connectivity index (χ0n) is 18.9. The van der Waals surface area contributed by atoms with Crippen LogP contribution in [-0.2, 0) is 4.74 Å². The SMILES string of the molecule is C/C(C(=N)OCCO)=C(/N)c1cc(C(=O)N2CC(c3ccc(OCCF)cc3)C2)ccc1C. The summed E-state index contributed by atoms with van der Waals surface area (Å²) in [4.78, 5) is 14.8. The molecule has 7 nitrogen and oxygen atoms in total. The number of nitrogens with one attached hydrogen (secondary N) is 1. The van der Waals surface area contributed by atoms with Gasteiger partial charge in [0.2, 0.25) is 5.90 Å². The van der Waals surface area contributed by atoms with Crippen LogP contribution in [0.25, 0.3) is 5.70 Å². The molecule has 0 spiro atoms. The van der Waals surface area contributed by atoms with Gasteiger partial charge in [-0.05, 0) is 49.2 Å². The van der Waals surface area contributed by atoms with Crippen LogP contribution in [-0.4, -0.2) is 61.4 Å². The van der Waals surface area contributed by atoms with Gasteiger partial charge in [0.15, 0.2) is 0 Å². The number of ether oxygens (including phenoxy) is 2. The van der Waals surface area contributed by atoms with E-state index in [0.29, 0.717) is 41.2 Å². The van der Waals surface area contributed by atoms with Gasteiger partial charge in [0.1, 0.15) is 25.6 Å². The van der Waals surface area contributed by atoms with Crippen LogP contribution in [0.2, 0.25) is 0 Å². The average molecular weight is 456 g/mol. The molecular formula is C25H30FN3O4. The number of aryl methyl sites for hydroxylation is 1. The Hall–Kier alpha value is -3.39. The Morgan fingerprint density at radius 1 is 1.21 bits per heavy atom. The van der Waals surface area contributed by atoms with Gasteiger partial charge in [0.05, 0.1) is 6.61 Å². The maximum atomic E-state index is 13.0. The fourth-order valence-electron chi connectivity index (χ4n) is 3.66. The minimum Gasteiger partial charge on any atom is -0.491 e. The van der Waals surface area contributed by atoms with Crippen molar-refractivity contribution in [2.75, 3.05) is 39.6 Å². The quantitative estimate of drug-likeness (QED) is 0.397. The highest BCUT2D eigenvalue weighted by atomic mass is 19.1. The fraction of sp³-hybridized carbons (Fsp3) is 0.360. The molecule has 3 rings (SSSR count). The maximum Gasteiger partial charge on any atom is 0.253 e. The summed E-state index contributed by atoms with van der Waals surface area (Å²) in [5.41, 5.74) is 10.3. The molecule has 0 bridgehead atoms. The first-order valence-corrected chi connectivity index (χ1v) is 10.8. The van der Waals surface area contributed by atoms with Crippen LogP contribution in [0.1, 0.15) is 39.9 Å². The summed E-state index contributed by atoms with van der Waals surface area (Å²) >= 11 is 0. The third-order valence-corrected chi connectivity index (χ3v) is 5.72. The van der Waals surface area contributed by atoms with E-state index < -0.39 is 6.67 Å². The molecule has 0 aromatic heterocycles. The monoisotopic (exact) mass is 455 g/mol. The van der Waals surface area contributed by atoms with Crippen molar-refractivity contribution in [3.63, 3.8) is 0 Å². The van der Waals surface area contributed by atoms with E-state index in [1.165, 1.54) is 0 Å². The van der Waals surface area contributed by atoms with Gasteiger partial charge in [-0.15, -0.1) is 0 Å². The highest BCUT2D eigenvalue weighted by Gasteiger charge is 2.32. The van der Waals surface area contributed by atoms with Crippen molar-refractivity contribution in [3.05, 3.63) is 70.3 Å². The molecule has 1 fully saturated rings. The number of carbonyl (C=O) groups excluding carboxylic acids is 1. The molecule has 1 aliphatic heterocycles. The Balaban J connectivity index is 1.67. The van der Waals surface area contributed by atoms with Crippen LogP contribution in [0, 0.1) is 12.3 Å². The average Bonchev–Trinajstić information content (AvgIpc) is 2.80. The fourth-order valence-corrected chi connectivity index (χ4v) is 3.66. The molecule has 1 saturated heterocycles. The number of hydrogen-bond acceptors (Lipinski definition) is 6. The lowest BCUT2D eigenvalue weighted by atomic mass is 9.90. The molecule has 0 radical (unpaired) electrons. The van der Waals surface area contributed by atoms with E-state index in [0.717, 1.165) is 11.1 Å². The number of amides is 1. The lowest BCUT2D eigenvalue weighted by Gasteiger charge is -2.39. The van der Waals surface area contributed by atoms with E-state index in [9.17, 15) is 9.18 Å². The van der Waals surface area contributed by atoms with Crippen molar-refractivity contribution in [3.8, 4) is 5.75 Å². The van der Waals surface area contributed by atoms with Crippen LogP contribution in [0.4, 0.5) is 4.39 Å². The second kappa shape index (κ2) is 11.0. The number of alkyl halides is 1. The maximum absolute atomic E-state index is 13.0. The first-order valence-electron chi connectivity index (χ1n) is 10.8. The summed E-state index contributed by atoms with van der Waals surface area (Å²) in [6, 6.07) is 12.9. The standard InChI is InChI=1S/C25H30FN3O4/c1-16-3-4-19(13-22(16)23(27)17(2)24(28)33-12-10-30)25(31)29-14-20(15-29)18-5-7-21(8-6-18)32-11-9-26/h3-8,13,20,28,30H,9-12,14-15,27H2,1-2H3/b23-17-,28-24?. The number of nitrogens with zero attached hydrogens (tertiary/aromatic N) is 1. The lowest BCUT2D eigenvalue weighted by molar-refractivity contribution is 0.0602. The predicted molar refractivity (Wildman–Crippen MR) is 125 cm³/mol. The summed E-state index contributed by atoms with van der Waals surface area (Å²) < 4.78 is 22.6. The van der Waals surface area contributed by atoms with Crippen molar-refractivity contribution in [1.82, 2.24) is 4.90 Å². The predicted octanol–water partition coefficient (Wildman–Crippen LogP) is 3.26. The van der Waals surface area contributed by atoms with E-state index in [2.05, 4.69) is 0 Å². The van der Waals surface area contributed by atoms with Gasteiger partial charge < -0.3 is 25.2 Å². The van der Waals surface area contributed by atoms with Gasteiger partial charge in [0, 0.05) is 41.4 Å². The Morgan fingerprint density at radius 2 is 1.91 bits per heavy atom. The number of aliphatic hydroxyl groups excluding tert-OH is 1. The van der Waals surface area contributed by atoms with Gasteiger partial charge in [-0.25, -0.2) is 4.39 Å². The number of rotatable bonds is 9. The van der Waals surface area contributed by atoms with Gasteiger partial charge >= 0.3 is 0 Å². The number of hydrogen-bond donors (Lipinski definition) is 3. The van der Waals surface area contributed by atoms with Crippen molar-refractivity contribution in [2.24, 2.45) is 5.73 Å². The van der Waals surface area contributed by atoms with Gasteiger partial charge in [-0.1, -0.05) is 18.2 Å². The summed E-state index contributed by atoms with van der Waals surface area (Å²) in [6.45, 7) is 4.13. The lowest BCUT2D eigenvalue weighted by Crippen LogP contribution is -2.48. The number of benzene rings is 2. The molecule has 33 heavy (non-hydrogen) atoms. The van der Waals surface area contributed by atoms with E-state index in [-0.39, 0.29) is 37.5 Å². The molecule has 1 amide bonds. The Kier molecular flexibility index (Phi) is 8.06. The van der Waals surface area contributed by atoms with E-state index in [1.807, 2.05) is 37.3 Å². The molecule has 0 saturated carbocycles. The minimum atomic E-state index is -0.525. The first kappa shape index (κ1) is 24.3. The molecule has 0 atom stereocenters. The summed E-state index contributed by atoms with van der Waals surface area (Å²) in [5, 5.41) is 16.9. The molecule has 4 N–H and O–H groups in total. The second-order valence-corrected chi connectivity index (χ2v) is 7.98. The van der Waals surface area contributed by atoms with Crippen molar-refractivity contribution in [2.45, 2.75) is 19.8 Å². The smallest absolute Gasteiger partial charge is 0.253 e. The zero-order chi connectivity index (χ0) is 24.0. The first-order chi connectivity index (χ1) is 15.8. The highest BCUT2D eigenvalue weighted by Crippen LogP contribution is 2.30. The number of halogens is 1. The normalized spacial score (nSPS) is 14.4. The Morgan fingerprint density at radius 3 is 2.55 bits per heavy atom. The Labute approximate surface area is 193 Å².